The number of nitriles is 1. The average Bonchev–Trinajstić information content (AvgIpc) is 3.00. The molecule has 0 saturated carbocycles. The van der Waals surface area contributed by atoms with Crippen molar-refractivity contribution < 1.29 is 19.5 Å². The van der Waals surface area contributed by atoms with Crippen LogP contribution in [0.3, 0.4) is 0 Å². The fourth-order valence-corrected chi connectivity index (χ4v) is 4.50. The van der Waals surface area contributed by atoms with Crippen molar-refractivity contribution in [3.63, 3.8) is 0 Å². The van der Waals surface area contributed by atoms with E-state index in [4.69, 9.17) is 9.88 Å². The Morgan fingerprint density at radius 3 is 1.67 bits per heavy atom. The Bertz CT molecular complexity index is 1540. The molecule has 2 amide bonds. The van der Waals surface area contributed by atoms with E-state index in [1.807, 2.05) is 64.6 Å². The van der Waals surface area contributed by atoms with Crippen LogP contribution in [0.2, 0.25) is 0 Å². The highest BCUT2D eigenvalue weighted by atomic mass is 17.3. The first-order chi connectivity index (χ1) is 20.7. The van der Waals surface area contributed by atoms with Gasteiger partial charge >= 0.3 is 0 Å². The zero-order chi connectivity index (χ0) is 31.1. The lowest BCUT2D eigenvalue weighted by atomic mass is 9.96. The first kappa shape index (κ1) is 30.8. The second-order valence-electron chi connectivity index (χ2n) is 10.2. The summed E-state index contributed by atoms with van der Waals surface area (Å²) < 4.78 is 0. The minimum absolute atomic E-state index is 0.122. The first-order valence-electron chi connectivity index (χ1n) is 13.8. The Morgan fingerprint density at radius 2 is 1.23 bits per heavy atom. The van der Waals surface area contributed by atoms with Gasteiger partial charge in [-0.2, -0.15) is 5.26 Å². The Labute approximate surface area is 252 Å². The summed E-state index contributed by atoms with van der Waals surface area (Å²) in [5.41, 5.74) is 6.42. The number of hydroxylamine groups is 2. The summed E-state index contributed by atoms with van der Waals surface area (Å²) in [4.78, 5) is 41.3. The van der Waals surface area contributed by atoms with E-state index in [0.717, 1.165) is 34.0 Å². The van der Waals surface area contributed by atoms with Crippen LogP contribution in [0.25, 0.3) is 6.08 Å². The van der Waals surface area contributed by atoms with Gasteiger partial charge in [0.05, 0.1) is 6.61 Å². The van der Waals surface area contributed by atoms with Crippen molar-refractivity contribution in [2.24, 2.45) is 0 Å². The van der Waals surface area contributed by atoms with Gasteiger partial charge in [0, 0.05) is 62.2 Å². The van der Waals surface area contributed by atoms with Gasteiger partial charge in [-0.15, -0.1) is 10.1 Å². The molecule has 0 saturated heterocycles. The monoisotopic (exact) mass is 577 g/mol. The molecule has 0 fully saturated rings. The van der Waals surface area contributed by atoms with Crippen molar-refractivity contribution in [3.8, 4) is 6.07 Å². The average molecular weight is 578 g/mol. The Kier molecular flexibility index (Phi) is 9.78. The van der Waals surface area contributed by atoms with Gasteiger partial charge in [-0.05, 0) is 91.7 Å². The normalized spacial score (nSPS) is 14.4. The summed E-state index contributed by atoms with van der Waals surface area (Å²) in [5, 5.41) is 9.94. The highest BCUT2D eigenvalue weighted by Crippen LogP contribution is 2.36. The van der Waals surface area contributed by atoms with Gasteiger partial charge in [0.25, 0.3) is 11.8 Å². The number of rotatable bonds is 10. The number of carbonyl (C=O) groups excluding carboxylic acids is 2. The molecule has 43 heavy (non-hydrogen) atoms. The van der Waals surface area contributed by atoms with Gasteiger partial charge < -0.3 is 14.7 Å². The van der Waals surface area contributed by atoms with Crippen LogP contribution < -0.4 is 14.7 Å². The number of nitrogens with zero attached hydrogens (tertiary/aromatic N) is 5. The van der Waals surface area contributed by atoms with E-state index in [1.165, 1.54) is 0 Å². The number of amides is 2. The van der Waals surface area contributed by atoms with Gasteiger partial charge in [0.1, 0.15) is 11.6 Å². The molecule has 220 valence electrons. The lowest BCUT2D eigenvalue weighted by Crippen LogP contribution is -2.42. The maximum absolute atomic E-state index is 12.9. The topological polar surface area (TPSA) is 89.3 Å². The van der Waals surface area contributed by atoms with E-state index >= 15 is 0 Å². The van der Waals surface area contributed by atoms with Crippen molar-refractivity contribution in [2.45, 2.75) is 13.8 Å². The molecule has 1 heterocycles. The van der Waals surface area contributed by atoms with Gasteiger partial charge in [0.2, 0.25) is 0 Å². The molecule has 0 N–H and O–H groups in total. The summed E-state index contributed by atoms with van der Waals surface area (Å²) in [7, 11) is 8.07. The van der Waals surface area contributed by atoms with E-state index in [0.29, 0.717) is 5.06 Å². The van der Waals surface area contributed by atoms with Crippen molar-refractivity contribution in [2.75, 3.05) is 49.5 Å². The lowest BCUT2D eigenvalue weighted by molar-refractivity contribution is -0.392. The standard InChI is InChI=1S/C34H35N5O4/c1-7-42-43-39-33(40)31(24(2)32(23-35)34(39)41)10-8-9-25-11-13-28(14-12-25)38(29-19-15-26(16-20-29)36(3)4)30-21-17-27(18-22-30)37(5)6/h8-22H,7H2,1-6H3/b9-8+,31-10-. The SMILES string of the molecule is CCOON1C(=O)C(C#N)=C(C)/C(=C/C=C/c2ccc(N(c3ccc(N(C)C)cc3)c3ccc(N(C)C)cc3)cc2)C1=O. The molecule has 0 aliphatic carbocycles. The second kappa shape index (κ2) is 13.7. The number of hydrogen-bond acceptors (Lipinski definition) is 8. The summed E-state index contributed by atoms with van der Waals surface area (Å²) in [6.07, 6.45) is 5.10. The first-order valence-corrected chi connectivity index (χ1v) is 13.8. The fraction of sp³-hybridized carbons (Fsp3) is 0.206. The van der Waals surface area contributed by atoms with E-state index < -0.39 is 11.8 Å². The summed E-state index contributed by atoms with van der Waals surface area (Å²) in [6, 6.07) is 26.7. The molecule has 0 bridgehead atoms. The minimum atomic E-state index is -0.854. The predicted octanol–water partition coefficient (Wildman–Crippen LogP) is 6.32. The molecule has 0 atom stereocenters. The highest BCUT2D eigenvalue weighted by molar-refractivity contribution is 6.17. The number of hydrogen-bond donors (Lipinski definition) is 0. The Hall–Kier alpha value is -5.17. The molecule has 0 aromatic heterocycles. The van der Waals surface area contributed by atoms with Crippen LogP contribution >= 0.6 is 0 Å². The van der Waals surface area contributed by atoms with Gasteiger partial charge in [-0.1, -0.05) is 24.3 Å². The van der Waals surface area contributed by atoms with Crippen LogP contribution in [0.4, 0.5) is 28.4 Å². The zero-order valence-corrected chi connectivity index (χ0v) is 25.2. The quantitative estimate of drug-likeness (QED) is 0.120. The third kappa shape index (κ3) is 6.84. The van der Waals surface area contributed by atoms with Gasteiger partial charge in [0.15, 0.2) is 0 Å². The van der Waals surface area contributed by atoms with Crippen molar-refractivity contribution >= 4 is 46.3 Å². The molecule has 1 aliphatic heterocycles. The molecule has 4 rings (SSSR count). The zero-order valence-electron chi connectivity index (χ0n) is 25.2. The third-order valence-electron chi connectivity index (χ3n) is 6.90. The third-order valence-corrected chi connectivity index (χ3v) is 6.90. The van der Waals surface area contributed by atoms with Crippen LogP contribution in [0.1, 0.15) is 19.4 Å². The van der Waals surface area contributed by atoms with E-state index in [1.54, 1.807) is 26.0 Å². The number of carbonyl (C=O) groups is 2. The van der Waals surface area contributed by atoms with E-state index in [9.17, 15) is 14.9 Å². The maximum atomic E-state index is 12.9. The second-order valence-corrected chi connectivity index (χ2v) is 10.2. The van der Waals surface area contributed by atoms with Crippen LogP contribution in [-0.2, 0) is 19.5 Å². The van der Waals surface area contributed by atoms with Crippen LogP contribution in [0.15, 0.2) is 102 Å². The predicted molar refractivity (Wildman–Crippen MR) is 170 cm³/mol. The molecule has 0 radical (unpaired) electrons. The van der Waals surface area contributed by atoms with Crippen LogP contribution in [0, 0.1) is 11.3 Å². The van der Waals surface area contributed by atoms with E-state index in [2.05, 4.69) is 63.2 Å². The Balaban J connectivity index is 1.63. The van der Waals surface area contributed by atoms with Crippen molar-refractivity contribution in [1.82, 2.24) is 5.06 Å². The largest absolute Gasteiger partial charge is 0.378 e. The molecule has 0 unspecified atom stereocenters. The molecular formula is C34H35N5O4. The molecule has 0 spiro atoms. The molecular weight excluding hydrogens is 542 g/mol. The molecule has 9 heteroatoms. The summed E-state index contributed by atoms with van der Waals surface area (Å²) in [5.74, 6) is -1.56. The fourth-order valence-electron chi connectivity index (χ4n) is 4.50. The lowest BCUT2D eigenvalue weighted by Gasteiger charge is -2.27. The van der Waals surface area contributed by atoms with Crippen molar-refractivity contribution in [3.05, 3.63) is 107 Å². The summed E-state index contributed by atoms with van der Waals surface area (Å²) in [6.45, 7) is 3.33. The Morgan fingerprint density at radius 1 is 0.767 bits per heavy atom. The molecule has 9 nitrogen and oxygen atoms in total. The number of imide groups is 1. The van der Waals surface area contributed by atoms with E-state index in [-0.39, 0.29) is 23.3 Å². The molecule has 1 aliphatic rings. The number of anilines is 5. The number of benzene rings is 3. The smallest absolute Gasteiger partial charge is 0.298 e. The minimum Gasteiger partial charge on any atom is -0.378 e. The van der Waals surface area contributed by atoms with Crippen molar-refractivity contribution in [1.29, 1.82) is 5.26 Å². The van der Waals surface area contributed by atoms with Gasteiger partial charge in [-0.25, -0.2) is 4.89 Å². The summed E-state index contributed by atoms with van der Waals surface area (Å²) >= 11 is 0. The maximum Gasteiger partial charge on any atom is 0.298 e. The molecule has 3 aromatic rings. The van der Waals surface area contributed by atoms with Crippen LogP contribution in [0.5, 0.6) is 0 Å². The van der Waals surface area contributed by atoms with Crippen LogP contribution in [-0.4, -0.2) is 51.7 Å². The highest BCUT2D eigenvalue weighted by Gasteiger charge is 2.37. The van der Waals surface area contributed by atoms with Gasteiger partial charge in [-0.3, -0.25) is 9.59 Å². The molecule has 3 aromatic carbocycles. The number of allylic oxidation sites excluding steroid dienone is 2.